The molecule has 0 unspecified atom stereocenters. The van der Waals surface area contributed by atoms with Gasteiger partial charge in [-0.15, -0.1) is 0 Å². The van der Waals surface area contributed by atoms with E-state index < -0.39 is 0 Å². The topological polar surface area (TPSA) is 74.8 Å². The number of cyclic esters (lactones) is 1. The van der Waals surface area contributed by atoms with Crippen LogP contribution in [0.2, 0.25) is 0 Å². The van der Waals surface area contributed by atoms with Crippen LogP contribution >= 0.6 is 15.9 Å². The number of benzene rings is 1. The van der Waals surface area contributed by atoms with Crippen molar-refractivity contribution in [1.29, 1.82) is 0 Å². The third kappa shape index (κ3) is 3.01. The molecule has 0 radical (unpaired) electrons. The lowest BCUT2D eigenvalue weighted by atomic mass is 10.1. The van der Waals surface area contributed by atoms with E-state index >= 15 is 0 Å². The van der Waals surface area contributed by atoms with Crippen molar-refractivity contribution >= 4 is 45.2 Å². The lowest BCUT2D eigenvalue weighted by molar-refractivity contribution is 0.181. The maximum Gasteiger partial charge on any atom is 0.414 e. The van der Waals surface area contributed by atoms with Crippen LogP contribution in [0.5, 0.6) is 0 Å². The van der Waals surface area contributed by atoms with E-state index in [4.69, 9.17) is 4.74 Å². The Morgan fingerprint density at radius 1 is 1.31 bits per heavy atom. The molecule has 7 nitrogen and oxygen atoms in total. The van der Waals surface area contributed by atoms with Gasteiger partial charge in [0.25, 0.3) is 0 Å². The van der Waals surface area contributed by atoms with Gasteiger partial charge < -0.3 is 10.1 Å². The molecule has 0 atom stereocenters. The number of fused-ring (bicyclic) bond motifs is 1. The first-order chi connectivity index (χ1) is 12.5. The Morgan fingerprint density at radius 3 is 2.92 bits per heavy atom. The molecule has 134 valence electrons. The molecule has 0 spiro atoms. The molecule has 1 N–H and O–H groups in total. The number of carbonyl (C=O) groups is 2. The van der Waals surface area contributed by atoms with Gasteiger partial charge in [-0.25, -0.2) is 14.6 Å². The zero-order valence-corrected chi connectivity index (χ0v) is 15.7. The fraction of sp³-hybridized carbons (Fsp3) is 0.278. The summed E-state index contributed by atoms with van der Waals surface area (Å²) in [6.07, 6.45) is 2.10. The monoisotopic (exact) mass is 416 g/mol. The number of amides is 3. The molecule has 1 fully saturated rings. The van der Waals surface area contributed by atoms with Crippen LogP contribution in [0, 0.1) is 6.92 Å². The van der Waals surface area contributed by atoms with Crippen molar-refractivity contribution in [2.24, 2.45) is 0 Å². The van der Waals surface area contributed by atoms with Crippen molar-refractivity contribution in [3.8, 4) is 0 Å². The standard InChI is InChI=1S/C18H17BrN4O3/c1-11-2-3-14(9-15(11)22-6-7-26-18(22)25)21-17(24)23-5-4-12-8-13(19)10-20-16(12)23/h2-3,8-10H,4-7H2,1H3,(H,21,24). The average molecular weight is 417 g/mol. The van der Waals surface area contributed by atoms with Crippen LogP contribution in [0.25, 0.3) is 0 Å². The number of nitrogens with zero attached hydrogens (tertiary/aromatic N) is 3. The predicted octanol–water partition coefficient (Wildman–Crippen LogP) is 3.70. The summed E-state index contributed by atoms with van der Waals surface area (Å²) in [6, 6.07) is 7.25. The van der Waals surface area contributed by atoms with Gasteiger partial charge in [0.15, 0.2) is 0 Å². The minimum absolute atomic E-state index is 0.239. The molecular formula is C18H17BrN4O3. The number of aromatic nitrogens is 1. The zero-order chi connectivity index (χ0) is 18.3. The van der Waals surface area contributed by atoms with Crippen molar-refractivity contribution in [2.45, 2.75) is 13.3 Å². The zero-order valence-electron chi connectivity index (χ0n) is 14.2. The quantitative estimate of drug-likeness (QED) is 0.809. The summed E-state index contributed by atoms with van der Waals surface area (Å²) in [5.74, 6) is 0.682. The number of halogens is 1. The van der Waals surface area contributed by atoms with E-state index in [1.807, 2.05) is 25.1 Å². The van der Waals surface area contributed by atoms with E-state index in [0.717, 1.165) is 27.7 Å². The number of pyridine rings is 1. The molecule has 0 aliphatic carbocycles. The fourth-order valence-electron chi connectivity index (χ4n) is 3.22. The SMILES string of the molecule is Cc1ccc(NC(=O)N2CCc3cc(Br)cnc32)cc1N1CCOC1=O. The van der Waals surface area contributed by atoms with Gasteiger partial charge in [-0.2, -0.15) is 0 Å². The van der Waals surface area contributed by atoms with Crippen LogP contribution < -0.4 is 15.1 Å². The van der Waals surface area contributed by atoms with Crippen molar-refractivity contribution in [3.05, 3.63) is 46.1 Å². The number of ether oxygens (including phenoxy) is 1. The van der Waals surface area contributed by atoms with Gasteiger partial charge in [-0.1, -0.05) is 6.07 Å². The van der Waals surface area contributed by atoms with Crippen LogP contribution in [0.1, 0.15) is 11.1 Å². The normalized spacial score (nSPS) is 15.8. The second kappa shape index (κ2) is 6.60. The molecule has 1 aromatic heterocycles. The first-order valence-corrected chi connectivity index (χ1v) is 9.10. The van der Waals surface area contributed by atoms with Gasteiger partial charge >= 0.3 is 12.1 Å². The summed E-state index contributed by atoms with van der Waals surface area (Å²) in [5.41, 5.74) is 3.36. The number of rotatable bonds is 2. The Morgan fingerprint density at radius 2 is 2.15 bits per heavy atom. The van der Waals surface area contributed by atoms with E-state index in [2.05, 4.69) is 26.2 Å². The highest BCUT2D eigenvalue weighted by atomic mass is 79.9. The molecule has 3 amide bonds. The minimum atomic E-state index is -0.361. The molecule has 4 rings (SSSR count). The second-order valence-corrected chi connectivity index (χ2v) is 7.15. The van der Waals surface area contributed by atoms with E-state index in [0.29, 0.717) is 31.2 Å². The van der Waals surface area contributed by atoms with Crippen LogP contribution in [0.3, 0.4) is 0 Å². The maximum absolute atomic E-state index is 12.7. The molecular weight excluding hydrogens is 400 g/mol. The van der Waals surface area contributed by atoms with Gasteiger partial charge in [0.2, 0.25) is 0 Å². The molecule has 0 bridgehead atoms. The summed E-state index contributed by atoms with van der Waals surface area (Å²) in [6.45, 7) is 3.39. The molecule has 26 heavy (non-hydrogen) atoms. The molecule has 1 saturated heterocycles. The molecule has 2 aromatic rings. The molecule has 2 aliphatic rings. The maximum atomic E-state index is 12.7. The third-order valence-corrected chi connectivity index (χ3v) is 4.96. The van der Waals surface area contributed by atoms with Gasteiger partial charge in [-0.3, -0.25) is 9.80 Å². The number of nitrogens with one attached hydrogen (secondary N) is 1. The minimum Gasteiger partial charge on any atom is -0.447 e. The van der Waals surface area contributed by atoms with Crippen LogP contribution in [-0.2, 0) is 11.2 Å². The third-order valence-electron chi connectivity index (χ3n) is 4.53. The summed E-state index contributed by atoms with van der Waals surface area (Å²) >= 11 is 3.40. The van der Waals surface area contributed by atoms with Crippen LogP contribution in [0.4, 0.5) is 26.8 Å². The predicted molar refractivity (Wildman–Crippen MR) is 102 cm³/mol. The molecule has 3 heterocycles. The Hall–Kier alpha value is -2.61. The summed E-state index contributed by atoms with van der Waals surface area (Å²) in [5, 5.41) is 2.90. The number of hydrogen-bond donors (Lipinski definition) is 1. The van der Waals surface area contributed by atoms with Gasteiger partial charge in [0.05, 0.1) is 12.2 Å². The lowest BCUT2D eigenvalue weighted by Gasteiger charge is -2.20. The van der Waals surface area contributed by atoms with E-state index in [1.165, 1.54) is 0 Å². The van der Waals surface area contributed by atoms with Crippen molar-refractivity contribution in [2.75, 3.05) is 34.8 Å². The molecule has 2 aliphatic heterocycles. The van der Waals surface area contributed by atoms with Crippen LogP contribution in [0.15, 0.2) is 34.9 Å². The first kappa shape index (κ1) is 16.8. The molecule has 0 saturated carbocycles. The second-order valence-electron chi connectivity index (χ2n) is 6.24. The number of aryl methyl sites for hydroxylation is 1. The smallest absolute Gasteiger partial charge is 0.414 e. The van der Waals surface area contributed by atoms with Gasteiger partial charge in [0.1, 0.15) is 12.4 Å². The van der Waals surface area contributed by atoms with E-state index in [9.17, 15) is 9.59 Å². The van der Waals surface area contributed by atoms with Crippen LogP contribution in [-0.4, -0.2) is 36.8 Å². The largest absolute Gasteiger partial charge is 0.447 e. The Labute approximate surface area is 159 Å². The first-order valence-electron chi connectivity index (χ1n) is 8.31. The van der Waals surface area contributed by atoms with Crippen molar-refractivity contribution in [3.63, 3.8) is 0 Å². The Kier molecular flexibility index (Phi) is 4.28. The fourth-order valence-corrected chi connectivity index (χ4v) is 3.60. The number of hydrogen-bond acceptors (Lipinski definition) is 4. The van der Waals surface area contributed by atoms with Gasteiger partial charge in [0, 0.05) is 22.9 Å². The summed E-state index contributed by atoms with van der Waals surface area (Å²) in [4.78, 5) is 32.1. The van der Waals surface area contributed by atoms with Gasteiger partial charge in [-0.05, 0) is 58.6 Å². The van der Waals surface area contributed by atoms with Crippen molar-refractivity contribution < 1.29 is 14.3 Å². The molecule has 8 heteroatoms. The lowest BCUT2D eigenvalue weighted by Crippen LogP contribution is -2.34. The summed E-state index contributed by atoms with van der Waals surface area (Å²) < 4.78 is 5.91. The summed E-state index contributed by atoms with van der Waals surface area (Å²) in [7, 11) is 0. The van der Waals surface area contributed by atoms with E-state index in [-0.39, 0.29) is 12.1 Å². The number of urea groups is 1. The molecule has 1 aromatic carbocycles. The highest BCUT2D eigenvalue weighted by Gasteiger charge is 2.28. The highest BCUT2D eigenvalue weighted by molar-refractivity contribution is 9.10. The van der Waals surface area contributed by atoms with E-state index in [1.54, 1.807) is 22.1 Å². The highest BCUT2D eigenvalue weighted by Crippen LogP contribution is 2.30. The Balaban J connectivity index is 1.55. The average Bonchev–Trinajstić information content (AvgIpc) is 3.22. The number of anilines is 3. The Bertz CT molecular complexity index is 902. The van der Waals surface area contributed by atoms with Crippen molar-refractivity contribution in [1.82, 2.24) is 4.98 Å². The number of carbonyl (C=O) groups excluding carboxylic acids is 2.